The molecule has 0 heterocycles. The number of carbonyl (C=O) groups excluding carboxylic acids is 1. The van der Waals surface area contributed by atoms with E-state index >= 15 is 0 Å². The number of carbonyl (C=O) groups is 1. The van der Waals surface area contributed by atoms with Gasteiger partial charge in [0.1, 0.15) is 0 Å². The summed E-state index contributed by atoms with van der Waals surface area (Å²) in [5.74, 6) is 0.510. The summed E-state index contributed by atoms with van der Waals surface area (Å²) in [6, 6.07) is 7.87. The Labute approximate surface area is 121 Å². The minimum absolute atomic E-state index is 0.0229. The zero-order chi connectivity index (χ0) is 15.0. The lowest BCUT2D eigenvalue weighted by molar-refractivity contribution is 0.0898. The number of nitrogens with two attached hydrogens (primary N) is 1. The van der Waals surface area contributed by atoms with Gasteiger partial charge in [0.2, 0.25) is 0 Å². The van der Waals surface area contributed by atoms with E-state index in [9.17, 15) is 4.79 Å². The van der Waals surface area contributed by atoms with E-state index in [4.69, 9.17) is 5.73 Å². The molecule has 0 aliphatic heterocycles. The molecule has 2 rings (SSSR count). The molecule has 3 heteroatoms. The van der Waals surface area contributed by atoms with Crippen LogP contribution in [0.25, 0.3) is 0 Å². The molecular formula is C17H26N2O. The number of amides is 1. The number of benzene rings is 1. The van der Waals surface area contributed by atoms with Crippen LogP contribution in [0.1, 0.15) is 56.5 Å². The topological polar surface area (TPSA) is 55.1 Å². The van der Waals surface area contributed by atoms with Crippen molar-refractivity contribution in [2.24, 2.45) is 11.7 Å². The standard InChI is InChI=1S/C17H26N2O/c1-16(2,3)13-7-5-12(6-8-13)15(20)19-17(4,11-18)14-9-10-14/h5-8,14H,9-11,18H2,1-4H3,(H,19,20). The number of rotatable bonds is 4. The maximum Gasteiger partial charge on any atom is 0.251 e. The highest BCUT2D eigenvalue weighted by molar-refractivity contribution is 5.94. The smallest absolute Gasteiger partial charge is 0.251 e. The van der Waals surface area contributed by atoms with Gasteiger partial charge in [0.15, 0.2) is 0 Å². The average molecular weight is 274 g/mol. The highest BCUT2D eigenvalue weighted by Gasteiger charge is 2.41. The van der Waals surface area contributed by atoms with Gasteiger partial charge < -0.3 is 11.1 Å². The molecule has 1 amide bonds. The van der Waals surface area contributed by atoms with E-state index in [1.807, 2.05) is 31.2 Å². The quantitative estimate of drug-likeness (QED) is 0.887. The molecular weight excluding hydrogens is 248 g/mol. The van der Waals surface area contributed by atoms with Gasteiger partial charge in [-0.05, 0) is 48.8 Å². The zero-order valence-electron chi connectivity index (χ0n) is 13.0. The predicted octanol–water partition coefficient (Wildman–Crippen LogP) is 2.84. The third-order valence-corrected chi connectivity index (χ3v) is 4.31. The Hall–Kier alpha value is -1.35. The molecule has 1 fully saturated rings. The van der Waals surface area contributed by atoms with Crippen molar-refractivity contribution in [3.8, 4) is 0 Å². The van der Waals surface area contributed by atoms with Crippen LogP contribution in [0.3, 0.4) is 0 Å². The van der Waals surface area contributed by atoms with Crippen LogP contribution in [0.15, 0.2) is 24.3 Å². The molecule has 3 nitrogen and oxygen atoms in total. The molecule has 1 aliphatic carbocycles. The summed E-state index contributed by atoms with van der Waals surface area (Å²) in [5.41, 5.74) is 7.62. The van der Waals surface area contributed by atoms with Crippen molar-refractivity contribution in [3.05, 3.63) is 35.4 Å². The summed E-state index contributed by atoms with van der Waals surface area (Å²) >= 11 is 0. The SMILES string of the molecule is CC(C)(C)c1ccc(C(=O)NC(C)(CN)C2CC2)cc1. The fraction of sp³-hybridized carbons (Fsp3) is 0.588. The minimum atomic E-state index is -0.264. The molecule has 0 radical (unpaired) electrons. The van der Waals surface area contributed by atoms with Crippen LogP contribution >= 0.6 is 0 Å². The molecule has 0 spiro atoms. The molecule has 110 valence electrons. The van der Waals surface area contributed by atoms with Crippen molar-refractivity contribution in [1.82, 2.24) is 5.32 Å². The number of nitrogens with one attached hydrogen (secondary N) is 1. The Kier molecular flexibility index (Phi) is 3.92. The van der Waals surface area contributed by atoms with E-state index in [0.29, 0.717) is 18.0 Å². The van der Waals surface area contributed by atoms with Crippen LogP contribution in [0.2, 0.25) is 0 Å². The van der Waals surface area contributed by atoms with E-state index in [1.165, 1.54) is 5.56 Å². The summed E-state index contributed by atoms with van der Waals surface area (Å²) in [5, 5.41) is 3.12. The van der Waals surface area contributed by atoms with Crippen LogP contribution in [0.4, 0.5) is 0 Å². The van der Waals surface area contributed by atoms with Crippen molar-refractivity contribution in [2.75, 3.05) is 6.54 Å². The first kappa shape index (κ1) is 15.0. The van der Waals surface area contributed by atoms with Crippen LogP contribution in [-0.4, -0.2) is 18.0 Å². The third kappa shape index (κ3) is 3.21. The Morgan fingerprint density at radius 1 is 1.20 bits per heavy atom. The zero-order valence-corrected chi connectivity index (χ0v) is 13.0. The largest absolute Gasteiger partial charge is 0.345 e. The van der Waals surface area contributed by atoms with Crippen LogP contribution in [-0.2, 0) is 5.41 Å². The molecule has 0 aromatic heterocycles. The lowest BCUT2D eigenvalue weighted by Gasteiger charge is -2.29. The minimum Gasteiger partial charge on any atom is -0.345 e. The highest BCUT2D eigenvalue weighted by atomic mass is 16.1. The molecule has 1 aliphatic rings. The summed E-state index contributed by atoms with van der Waals surface area (Å²) in [7, 11) is 0. The summed E-state index contributed by atoms with van der Waals surface area (Å²) < 4.78 is 0. The van der Waals surface area contributed by atoms with Gasteiger partial charge in [-0.15, -0.1) is 0 Å². The lowest BCUT2D eigenvalue weighted by atomic mass is 9.86. The maximum absolute atomic E-state index is 12.3. The van der Waals surface area contributed by atoms with Crippen molar-refractivity contribution < 1.29 is 4.79 Å². The average Bonchev–Trinajstić information content (AvgIpc) is 3.22. The number of hydrogen-bond donors (Lipinski definition) is 2. The summed E-state index contributed by atoms with van der Waals surface area (Å²) in [4.78, 5) is 12.3. The lowest BCUT2D eigenvalue weighted by Crippen LogP contribution is -2.53. The Balaban J connectivity index is 2.09. The van der Waals surface area contributed by atoms with Gasteiger partial charge in [0.05, 0.1) is 5.54 Å². The van der Waals surface area contributed by atoms with Crippen molar-refractivity contribution >= 4 is 5.91 Å². The maximum atomic E-state index is 12.3. The van der Waals surface area contributed by atoms with Gasteiger partial charge in [-0.1, -0.05) is 32.9 Å². The molecule has 0 saturated heterocycles. The second kappa shape index (κ2) is 5.21. The molecule has 1 unspecified atom stereocenters. The Morgan fingerprint density at radius 3 is 2.15 bits per heavy atom. The predicted molar refractivity (Wildman–Crippen MR) is 82.8 cm³/mol. The van der Waals surface area contributed by atoms with E-state index in [2.05, 4.69) is 26.1 Å². The highest BCUT2D eigenvalue weighted by Crippen LogP contribution is 2.39. The molecule has 1 aromatic rings. The molecule has 1 aromatic carbocycles. The van der Waals surface area contributed by atoms with Gasteiger partial charge >= 0.3 is 0 Å². The van der Waals surface area contributed by atoms with E-state index < -0.39 is 0 Å². The Morgan fingerprint density at radius 2 is 1.75 bits per heavy atom. The van der Waals surface area contributed by atoms with Crippen LogP contribution < -0.4 is 11.1 Å². The fourth-order valence-corrected chi connectivity index (χ4v) is 2.49. The summed E-state index contributed by atoms with van der Waals surface area (Å²) in [6.07, 6.45) is 2.33. The van der Waals surface area contributed by atoms with Crippen molar-refractivity contribution in [1.29, 1.82) is 0 Å². The molecule has 1 atom stereocenters. The molecule has 20 heavy (non-hydrogen) atoms. The van der Waals surface area contributed by atoms with Gasteiger partial charge in [-0.25, -0.2) is 0 Å². The first-order valence-corrected chi connectivity index (χ1v) is 7.39. The molecule has 3 N–H and O–H groups in total. The third-order valence-electron chi connectivity index (χ3n) is 4.31. The van der Waals surface area contributed by atoms with Gasteiger partial charge in [0.25, 0.3) is 5.91 Å². The van der Waals surface area contributed by atoms with E-state index in [0.717, 1.165) is 12.8 Å². The van der Waals surface area contributed by atoms with Gasteiger partial charge in [0, 0.05) is 12.1 Å². The second-order valence-electron chi connectivity index (χ2n) is 7.18. The van der Waals surface area contributed by atoms with Crippen LogP contribution in [0.5, 0.6) is 0 Å². The number of hydrogen-bond acceptors (Lipinski definition) is 2. The van der Waals surface area contributed by atoms with Crippen LogP contribution in [0, 0.1) is 5.92 Å². The molecule has 1 saturated carbocycles. The van der Waals surface area contributed by atoms with Gasteiger partial charge in [-0.2, -0.15) is 0 Å². The first-order chi connectivity index (χ1) is 9.26. The van der Waals surface area contributed by atoms with Crippen molar-refractivity contribution in [2.45, 2.75) is 51.5 Å². The monoisotopic (exact) mass is 274 g/mol. The van der Waals surface area contributed by atoms with Crippen molar-refractivity contribution in [3.63, 3.8) is 0 Å². The second-order valence-corrected chi connectivity index (χ2v) is 7.18. The first-order valence-electron chi connectivity index (χ1n) is 7.39. The molecule has 0 bridgehead atoms. The van der Waals surface area contributed by atoms with E-state index in [1.54, 1.807) is 0 Å². The van der Waals surface area contributed by atoms with Gasteiger partial charge in [-0.3, -0.25) is 4.79 Å². The normalized spacial score (nSPS) is 18.4. The Bertz CT molecular complexity index is 483. The summed E-state index contributed by atoms with van der Waals surface area (Å²) in [6.45, 7) is 9.04. The fourth-order valence-electron chi connectivity index (χ4n) is 2.49. The van der Waals surface area contributed by atoms with E-state index in [-0.39, 0.29) is 16.9 Å².